The van der Waals surface area contributed by atoms with Crippen molar-refractivity contribution in [2.75, 3.05) is 19.8 Å². The first-order valence-electron chi connectivity index (χ1n) is 16.8. The second-order valence-corrected chi connectivity index (χ2v) is 12.5. The van der Waals surface area contributed by atoms with Gasteiger partial charge in [0.15, 0.2) is 0 Å². The molecule has 4 rings (SSSR count). The number of benzene rings is 4. The maximum Gasteiger partial charge on any atom is 0.323 e. The molecule has 0 heterocycles. The molecule has 0 spiro atoms. The smallest absolute Gasteiger partial charge is 0.323 e. The summed E-state index contributed by atoms with van der Waals surface area (Å²) in [7, 11) is 0. The van der Waals surface area contributed by atoms with E-state index in [1.165, 1.54) is 6.08 Å². The summed E-state index contributed by atoms with van der Waals surface area (Å²) < 4.78 is 9.86. The Labute approximate surface area is 318 Å². The largest absolute Gasteiger partial charge is 0.480 e. The molecule has 3 N–H and O–H groups in total. The van der Waals surface area contributed by atoms with Gasteiger partial charge in [0.05, 0.1) is 32.1 Å². The lowest BCUT2D eigenvalue weighted by Gasteiger charge is -2.18. The standard InChI is InChI=1S/C21H23ClN2O5.C19H18ClNO3/c1-2-29-20(27)12-18(24-21(28)23-13-19(25)26)10-14-6-8-15(9-7-14)16-4-3-5-17(22)11-16;1-2-24-19(23)12-18(21-13-22)10-14-6-8-15(9-7-14)16-4-3-5-17(20)11-16/h3-9,11,18H,2,10,12-13H2,1H3,(H,25,26)(H2,23,24,28);3-9,11,18H,2,10,12H2,1H3/t2*18-/m11/s1. The number of amides is 2. The van der Waals surface area contributed by atoms with Crippen LogP contribution in [0, 0.1) is 0 Å². The molecule has 13 heteroatoms. The molecule has 11 nitrogen and oxygen atoms in total. The molecule has 2 atom stereocenters. The third kappa shape index (κ3) is 15.7. The lowest BCUT2D eigenvalue weighted by molar-refractivity contribution is -0.144. The number of nitrogens with zero attached hydrogens (tertiary/aromatic N) is 1. The first-order valence-corrected chi connectivity index (χ1v) is 17.6. The fraction of sp³-hybridized carbons (Fsp3) is 0.275. The molecule has 0 aliphatic heterocycles. The number of rotatable bonds is 16. The van der Waals surface area contributed by atoms with Crippen LogP contribution in [0.3, 0.4) is 0 Å². The van der Waals surface area contributed by atoms with E-state index < -0.39 is 36.6 Å². The summed E-state index contributed by atoms with van der Waals surface area (Å²) in [6, 6.07) is 29.0. The van der Waals surface area contributed by atoms with Gasteiger partial charge in [0.1, 0.15) is 6.54 Å². The number of carbonyl (C=O) groups excluding carboxylic acids is 4. The van der Waals surface area contributed by atoms with Gasteiger partial charge in [-0.15, -0.1) is 0 Å². The molecule has 0 aromatic heterocycles. The Morgan fingerprint density at radius 3 is 1.66 bits per heavy atom. The number of carboxylic acids is 1. The maximum atomic E-state index is 11.9. The van der Waals surface area contributed by atoms with Gasteiger partial charge in [-0.2, -0.15) is 0 Å². The van der Waals surface area contributed by atoms with Gasteiger partial charge in [0.25, 0.3) is 0 Å². The van der Waals surface area contributed by atoms with E-state index in [0.29, 0.717) is 29.5 Å². The Morgan fingerprint density at radius 1 is 0.717 bits per heavy atom. The number of carboxylic acid groups (broad SMARTS) is 1. The fourth-order valence-corrected chi connectivity index (χ4v) is 5.58. The van der Waals surface area contributed by atoms with Gasteiger partial charge >= 0.3 is 23.9 Å². The van der Waals surface area contributed by atoms with Gasteiger partial charge in [-0.1, -0.05) is 96.0 Å². The number of nitrogens with one attached hydrogen (secondary N) is 2. The van der Waals surface area contributed by atoms with Crippen LogP contribution in [0.2, 0.25) is 10.0 Å². The summed E-state index contributed by atoms with van der Waals surface area (Å²) in [6.07, 6.45) is 2.44. The normalized spacial score (nSPS) is 11.4. The molecule has 0 saturated heterocycles. The second kappa shape index (κ2) is 22.5. The van der Waals surface area contributed by atoms with Crippen LogP contribution in [0.15, 0.2) is 102 Å². The Kier molecular flexibility index (Phi) is 17.8. The average molecular weight is 763 g/mol. The van der Waals surface area contributed by atoms with E-state index in [4.69, 9.17) is 37.8 Å². The average Bonchev–Trinajstić information content (AvgIpc) is 3.12. The van der Waals surface area contributed by atoms with Crippen molar-refractivity contribution in [2.24, 2.45) is 4.99 Å². The summed E-state index contributed by atoms with van der Waals surface area (Å²) >= 11 is 12.0. The highest BCUT2D eigenvalue weighted by molar-refractivity contribution is 6.31. The van der Waals surface area contributed by atoms with Crippen molar-refractivity contribution < 1.29 is 38.6 Å². The molecule has 278 valence electrons. The van der Waals surface area contributed by atoms with Gasteiger partial charge in [-0.25, -0.2) is 14.6 Å². The Hall–Kier alpha value is -5.48. The number of aliphatic carboxylic acids is 1. The molecule has 2 amide bonds. The SMILES string of the molecule is CCOC(=O)C[C@@H](Cc1ccc(-c2cccc(Cl)c2)cc1)N=C=O.CCOC(=O)C[C@@H](Cc1ccc(-c2cccc(Cl)c2)cc1)NC(=O)NCC(=O)O. The van der Waals surface area contributed by atoms with Gasteiger partial charge in [0.2, 0.25) is 6.08 Å². The zero-order valence-corrected chi connectivity index (χ0v) is 30.9. The number of urea groups is 1. The van der Waals surface area contributed by atoms with Crippen LogP contribution in [0.1, 0.15) is 37.8 Å². The third-order valence-corrected chi connectivity index (χ3v) is 8.04. The van der Waals surface area contributed by atoms with E-state index >= 15 is 0 Å². The van der Waals surface area contributed by atoms with Crippen LogP contribution < -0.4 is 10.6 Å². The van der Waals surface area contributed by atoms with Gasteiger partial charge < -0.3 is 25.2 Å². The lowest BCUT2D eigenvalue weighted by atomic mass is 9.99. The predicted molar refractivity (Wildman–Crippen MR) is 204 cm³/mol. The lowest BCUT2D eigenvalue weighted by Crippen LogP contribution is -2.45. The maximum absolute atomic E-state index is 11.9. The van der Waals surface area contributed by atoms with E-state index in [9.17, 15) is 24.0 Å². The Morgan fingerprint density at radius 2 is 1.21 bits per heavy atom. The minimum atomic E-state index is -1.15. The molecule has 0 radical (unpaired) electrons. The van der Waals surface area contributed by atoms with Crippen LogP contribution in [-0.4, -0.2) is 67.0 Å². The van der Waals surface area contributed by atoms with Crippen molar-refractivity contribution in [2.45, 2.75) is 51.6 Å². The molecule has 4 aromatic carbocycles. The van der Waals surface area contributed by atoms with E-state index in [2.05, 4.69) is 15.6 Å². The topological polar surface area (TPSA) is 160 Å². The Balaban J connectivity index is 0.000000290. The zero-order valence-electron chi connectivity index (χ0n) is 29.4. The number of ether oxygens (including phenoxy) is 2. The van der Waals surface area contributed by atoms with E-state index in [1.54, 1.807) is 19.9 Å². The Bertz CT molecular complexity index is 1860. The minimum Gasteiger partial charge on any atom is -0.480 e. The van der Waals surface area contributed by atoms with Crippen molar-refractivity contribution in [3.63, 3.8) is 0 Å². The molecule has 53 heavy (non-hydrogen) atoms. The van der Waals surface area contributed by atoms with Crippen LogP contribution in [0.5, 0.6) is 0 Å². The highest BCUT2D eigenvalue weighted by Gasteiger charge is 2.19. The van der Waals surface area contributed by atoms with Crippen LogP contribution >= 0.6 is 23.2 Å². The van der Waals surface area contributed by atoms with Crippen molar-refractivity contribution in [3.8, 4) is 22.3 Å². The number of carbonyl (C=O) groups is 4. The number of hydrogen-bond donors (Lipinski definition) is 3. The summed E-state index contributed by atoms with van der Waals surface area (Å²) in [5.74, 6) is -1.96. The molecule has 0 saturated carbocycles. The quantitative estimate of drug-likeness (QED) is 0.0603. The summed E-state index contributed by atoms with van der Waals surface area (Å²) in [4.78, 5) is 60.2. The van der Waals surface area contributed by atoms with Gasteiger partial charge in [-0.3, -0.25) is 14.4 Å². The zero-order chi connectivity index (χ0) is 38.6. The summed E-state index contributed by atoms with van der Waals surface area (Å²) in [5.41, 5.74) is 5.94. The third-order valence-electron chi connectivity index (χ3n) is 7.57. The van der Waals surface area contributed by atoms with Gasteiger partial charge in [0, 0.05) is 16.1 Å². The van der Waals surface area contributed by atoms with Crippen molar-refractivity contribution in [1.82, 2.24) is 10.6 Å². The van der Waals surface area contributed by atoms with Gasteiger partial charge in [-0.05, 0) is 84.3 Å². The second-order valence-electron chi connectivity index (χ2n) is 11.6. The number of halogens is 2. The first kappa shape index (κ1) is 41.9. The minimum absolute atomic E-state index is 0.0234. The number of hydrogen-bond acceptors (Lipinski definition) is 8. The molecule has 0 aliphatic carbocycles. The molecule has 0 fully saturated rings. The van der Waals surface area contributed by atoms with Crippen molar-refractivity contribution in [3.05, 3.63) is 118 Å². The number of esters is 2. The first-order chi connectivity index (χ1) is 25.5. The molecule has 4 aromatic rings. The van der Waals surface area contributed by atoms with E-state index in [1.807, 2.05) is 91.0 Å². The molecule has 0 unspecified atom stereocenters. The van der Waals surface area contributed by atoms with Crippen LogP contribution in [-0.2, 0) is 41.5 Å². The number of aliphatic imine (C=N–C) groups is 1. The monoisotopic (exact) mass is 761 g/mol. The number of isocyanates is 1. The fourth-order valence-electron chi connectivity index (χ4n) is 5.20. The molecular formula is C40H41Cl2N3O8. The molecule has 0 bridgehead atoms. The van der Waals surface area contributed by atoms with E-state index in [-0.39, 0.29) is 25.4 Å². The van der Waals surface area contributed by atoms with Crippen LogP contribution in [0.4, 0.5) is 4.79 Å². The van der Waals surface area contributed by atoms with E-state index in [0.717, 1.165) is 33.4 Å². The molecule has 0 aliphatic rings. The van der Waals surface area contributed by atoms with Crippen molar-refractivity contribution in [1.29, 1.82) is 0 Å². The van der Waals surface area contributed by atoms with Crippen LogP contribution in [0.25, 0.3) is 22.3 Å². The van der Waals surface area contributed by atoms with Crippen molar-refractivity contribution >= 4 is 53.2 Å². The molecular weight excluding hydrogens is 721 g/mol. The predicted octanol–water partition coefficient (Wildman–Crippen LogP) is 7.46. The highest BCUT2D eigenvalue weighted by atomic mass is 35.5. The summed E-state index contributed by atoms with van der Waals surface area (Å²) in [6.45, 7) is 3.49. The highest BCUT2D eigenvalue weighted by Crippen LogP contribution is 2.25. The summed E-state index contributed by atoms with van der Waals surface area (Å²) in [5, 5.41) is 14.9.